The molecule has 246 valence electrons. The van der Waals surface area contributed by atoms with Crippen LogP contribution < -0.4 is 30.1 Å². The van der Waals surface area contributed by atoms with E-state index in [0.717, 1.165) is 0 Å². The second kappa shape index (κ2) is 16.9. The second-order valence-electron chi connectivity index (χ2n) is 11.0. The standard InChI is InChI=1S/2C20H19PSe.2Au/c2*1-21(2,18-12-6-3-7-13-18,19-14-8-4-9-15-19)22-20-16-10-5-11-17-20;;/h2*3-17H,1-2H2;;/q2*-2;;. The first kappa shape index (κ1) is 39.1. The van der Waals surface area contributed by atoms with Gasteiger partial charge >= 0.3 is 278 Å². The molecule has 0 aliphatic carbocycles. The number of hydrogen-bond donors (Lipinski definition) is 0. The summed E-state index contributed by atoms with van der Waals surface area (Å²) in [4.78, 5) is 0. The predicted molar refractivity (Wildman–Crippen MR) is 203 cm³/mol. The molecule has 0 aromatic heterocycles. The zero-order valence-corrected chi connectivity index (χ0v) is 35.0. The van der Waals surface area contributed by atoms with Crippen LogP contribution in [0, 0.1) is 26.7 Å². The first-order valence-corrected chi connectivity index (χ1v) is 25.8. The van der Waals surface area contributed by atoms with Crippen LogP contribution in [0.15, 0.2) is 182 Å². The quantitative estimate of drug-likeness (QED) is 0.0847. The topological polar surface area (TPSA) is 0 Å². The van der Waals surface area contributed by atoms with E-state index in [4.69, 9.17) is 26.7 Å². The fraction of sp³-hybridized carbons (Fsp3) is 0. The normalized spacial score (nSPS) is 12.7. The van der Waals surface area contributed by atoms with Crippen molar-refractivity contribution in [2.24, 2.45) is 0 Å². The number of benzene rings is 6. The van der Waals surface area contributed by atoms with E-state index in [1.807, 2.05) is 0 Å². The molecule has 46 heavy (non-hydrogen) atoms. The predicted octanol–water partition coefficient (Wildman–Crippen LogP) is 7.43. The molecule has 0 atom stereocenters. The summed E-state index contributed by atoms with van der Waals surface area (Å²) in [6.07, 6.45) is 0. The summed E-state index contributed by atoms with van der Waals surface area (Å²) in [7, 11) is 0. The first-order chi connectivity index (χ1) is 21.2. The first-order valence-electron chi connectivity index (χ1n) is 14.4. The Hall–Kier alpha value is -1.30. The van der Waals surface area contributed by atoms with Gasteiger partial charge in [-0.3, -0.25) is 0 Å². The molecule has 0 amide bonds. The van der Waals surface area contributed by atoms with E-state index in [2.05, 4.69) is 182 Å². The average molecular weight is 1130 g/mol. The average Bonchev–Trinajstić information content (AvgIpc) is 3.08. The van der Waals surface area contributed by atoms with E-state index in [1.54, 1.807) is 0 Å². The van der Waals surface area contributed by atoms with Gasteiger partial charge in [0.15, 0.2) is 0 Å². The van der Waals surface area contributed by atoms with Crippen molar-refractivity contribution in [3.63, 3.8) is 0 Å². The van der Waals surface area contributed by atoms with Crippen LogP contribution in [0.25, 0.3) is 0 Å². The summed E-state index contributed by atoms with van der Waals surface area (Å²) in [5, 5.41) is -0.225. The van der Waals surface area contributed by atoms with Crippen molar-refractivity contribution in [2.45, 2.75) is 0 Å². The van der Waals surface area contributed by atoms with Gasteiger partial charge in [-0.2, -0.15) is 0 Å². The third-order valence-corrected chi connectivity index (χ3v) is 29.5. The number of rotatable bonds is 8. The van der Waals surface area contributed by atoms with E-state index in [9.17, 15) is 0 Å². The van der Waals surface area contributed by atoms with Gasteiger partial charge in [0.1, 0.15) is 0 Å². The molecular formula is C40H38Au2P2Se2-4. The molecule has 0 bridgehead atoms. The summed E-state index contributed by atoms with van der Waals surface area (Å²) < 4.78 is 2.70. The van der Waals surface area contributed by atoms with Gasteiger partial charge in [0.25, 0.3) is 0 Å². The minimum absolute atomic E-state index is 0. The molecule has 0 saturated carbocycles. The van der Waals surface area contributed by atoms with Crippen LogP contribution >= 0.6 is 10.6 Å². The third-order valence-electron chi connectivity index (χ3n) is 7.56. The van der Waals surface area contributed by atoms with Gasteiger partial charge < -0.3 is 0 Å². The van der Waals surface area contributed by atoms with E-state index < -0.39 is 10.6 Å². The Morgan fingerprint density at radius 2 is 0.457 bits per heavy atom. The van der Waals surface area contributed by atoms with Crippen LogP contribution in [0.5, 0.6) is 0 Å². The van der Waals surface area contributed by atoms with Crippen LogP contribution in [0.1, 0.15) is 0 Å². The Morgan fingerprint density at radius 3 is 0.652 bits per heavy atom. The van der Waals surface area contributed by atoms with E-state index in [1.165, 1.54) is 30.1 Å². The molecule has 6 aromatic rings. The van der Waals surface area contributed by atoms with Crippen LogP contribution in [0.2, 0.25) is 0 Å². The molecule has 0 aliphatic rings. The van der Waals surface area contributed by atoms with Crippen molar-refractivity contribution in [3.05, 3.63) is 209 Å². The van der Waals surface area contributed by atoms with Crippen LogP contribution in [-0.2, 0) is 44.8 Å². The molecule has 0 spiro atoms. The van der Waals surface area contributed by atoms with E-state index in [-0.39, 0.29) is 73.8 Å². The van der Waals surface area contributed by atoms with Gasteiger partial charge in [-0.15, -0.1) is 0 Å². The van der Waals surface area contributed by atoms with Crippen molar-refractivity contribution in [2.75, 3.05) is 0 Å². The van der Waals surface area contributed by atoms with E-state index in [0.29, 0.717) is 0 Å². The van der Waals surface area contributed by atoms with Crippen LogP contribution in [-0.4, -0.2) is 29.0 Å². The second-order valence-corrected chi connectivity index (χ2v) is 34.4. The molecule has 6 heteroatoms. The Morgan fingerprint density at radius 1 is 0.283 bits per heavy atom. The van der Waals surface area contributed by atoms with Crippen molar-refractivity contribution in [1.82, 2.24) is 0 Å². The van der Waals surface area contributed by atoms with Gasteiger partial charge in [0, 0.05) is 44.8 Å². The van der Waals surface area contributed by atoms with Crippen molar-refractivity contribution in [3.8, 4) is 0 Å². The van der Waals surface area contributed by atoms with Crippen LogP contribution in [0.3, 0.4) is 0 Å². The molecule has 2 radical (unpaired) electrons. The Kier molecular flexibility index (Phi) is 14.4. The summed E-state index contributed by atoms with van der Waals surface area (Å²) in [6, 6.07) is 63.8. The SMILES string of the molecule is [Au].[Au].[CH2-]P([CH2-])([Se]c1ccccc1)(c1ccccc1)c1ccccc1.[CH2-]P([CH2-])([Se]c1ccccc1)(c1ccccc1)c1ccccc1. The molecule has 0 aliphatic heterocycles. The van der Waals surface area contributed by atoms with Crippen LogP contribution in [0.4, 0.5) is 0 Å². The summed E-state index contributed by atoms with van der Waals surface area (Å²) in [6.45, 7) is 19.1. The molecule has 0 unspecified atom stereocenters. The van der Waals surface area contributed by atoms with Gasteiger partial charge in [-0.25, -0.2) is 0 Å². The Labute approximate surface area is 320 Å². The monoisotopic (exact) mass is 1130 g/mol. The molecule has 0 heterocycles. The third kappa shape index (κ3) is 9.03. The van der Waals surface area contributed by atoms with Crippen molar-refractivity contribution in [1.29, 1.82) is 0 Å². The molecule has 0 fully saturated rings. The molecule has 6 rings (SSSR count). The fourth-order valence-corrected chi connectivity index (χ4v) is 25.1. The minimum atomic E-state index is -2.67. The Balaban J connectivity index is 0.000000240. The maximum absolute atomic E-state index is 4.78. The fourth-order valence-electron chi connectivity index (χ4n) is 5.08. The van der Waals surface area contributed by atoms with Crippen molar-refractivity contribution < 1.29 is 44.8 Å². The van der Waals surface area contributed by atoms with Crippen molar-refractivity contribution >= 4 is 69.8 Å². The number of hydrogen-bond acceptors (Lipinski definition) is 0. The molecule has 6 aromatic carbocycles. The summed E-state index contributed by atoms with van der Waals surface area (Å²) >= 11 is 0.352. The molecule has 0 N–H and O–H groups in total. The van der Waals surface area contributed by atoms with Gasteiger partial charge in [0.05, 0.1) is 0 Å². The zero-order valence-electron chi connectivity index (χ0n) is 25.5. The van der Waals surface area contributed by atoms with Gasteiger partial charge in [-0.05, 0) is 0 Å². The molecular weight excluding hydrogens is 1090 g/mol. The molecule has 0 saturated heterocycles. The summed E-state index contributed by atoms with van der Waals surface area (Å²) in [5.74, 6) is 0. The zero-order chi connectivity index (χ0) is 31.0. The maximum atomic E-state index is 4.78. The van der Waals surface area contributed by atoms with E-state index >= 15 is 0 Å². The van der Waals surface area contributed by atoms with Gasteiger partial charge in [0.2, 0.25) is 0 Å². The Bertz CT molecular complexity index is 1530. The summed E-state index contributed by atoms with van der Waals surface area (Å²) in [5.41, 5.74) is 0. The molecule has 0 nitrogen and oxygen atoms in total. The van der Waals surface area contributed by atoms with Gasteiger partial charge in [-0.1, -0.05) is 0 Å².